The molecule has 25 heavy (non-hydrogen) atoms. The molecule has 2 N–H and O–H groups in total. The van der Waals surface area contributed by atoms with Gasteiger partial charge in [0, 0.05) is 36.0 Å². The molecule has 4 nitrogen and oxygen atoms in total. The molecule has 0 bridgehead atoms. The van der Waals surface area contributed by atoms with Crippen LogP contribution in [0.25, 0.3) is 0 Å². The summed E-state index contributed by atoms with van der Waals surface area (Å²) in [4.78, 5) is 14.4. The Morgan fingerprint density at radius 2 is 1.76 bits per heavy atom. The lowest BCUT2D eigenvalue weighted by atomic mass is 10.1. The second-order valence-electron chi connectivity index (χ2n) is 5.95. The predicted octanol–water partition coefficient (Wildman–Crippen LogP) is 4.22. The molecule has 0 fully saturated rings. The molecule has 2 aromatic carbocycles. The highest BCUT2D eigenvalue weighted by molar-refractivity contribution is 6.30. The van der Waals surface area contributed by atoms with Gasteiger partial charge < -0.3 is 15.5 Å². The zero-order chi connectivity index (χ0) is 18.2. The Bertz CT molecular complexity index is 697. The lowest BCUT2D eigenvalue weighted by Gasteiger charge is -2.22. The van der Waals surface area contributed by atoms with Crippen molar-refractivity contribution < 1.29 is 4.79 Å². The molecule has 0 aliphatic heterocycles. The minimum absolute atomic E-state index is 0.0485. The standard InChI is InChI=1S/C20H26ClN3O/c1-4-24(5-2)18-10-11-19(15(3)12-18)23-20(25)14-22-13-16-6-8-17(21)9-7-16/h6-12,22H,4-5,13-14H2,1-3H3,(H,23,25). The third-order valence-corrected chi connectivity index (χ3v) is 4.39. The van der Waals surface area contributed by atoms with Crippen molar-refractivity contribution in [1.29, 1.82) is 0 Å². The summed E-state index contributed by atoms with van der Waals surface area (Å²) in [7, 11) is 0. The lowest BCUT2D eigenvalue weighted by molar-refractivity contribution is -0.115. The van der Waals surface area contributed by atoms with Crippen molar-refractivity contribution in [2.45, 2.75) is 27.3 Å². The van der Waals surface area contributed by atoms with Gasteiger partial charge in [-0.15, -0.1) is 0 Å². The molecular formula is C20H26ClN3O. The van der Waals surface area contributed by atoms with Crippen molar-refractivity contribution in [3.63, 3.8) is 0 Å². The monoisotopic (exact) mass is 359 g/mol. The molecule has 2 rings (SSSR count). The first kappa shape index (κ1) is 19.3. The molecule has 5 heteroatoms. The van der Waals surface area contributed by atoms with Crippen molar-refractivity contribution in [2.24, 2.45) is 0 Å². The number of hydrogen-bond acceptors (Lipinski definition) is 3. The van der Waals surface area contributed by atoms with Crippen molar-refractivity contribution in [3.05, 3.63) is 58.6 Å². The maximum absolute atomic E-state index is 12.1. The first-order valence-electron chi connectivity index (χ1n) is 8.64. The molecule has 0 aliphatic rings. The van der Waals surface area contributed by atoms with E-state index in [9.17, 15) is 4.79 Å². The third kappa shape index (κ3) is 5.76. The number of nitrogens with one attached hydrogen (secondary N) is 2. The van der Waals surface area contributed by atoms with E-state index < -0.39 is 0 Å². The predicted molar refractivity (Wildman–Crippen MR) is 107 cm³/mol. The van der Waals surface area contributed by atoms with Gasteiger partial charge in [-0.1, -0.05) is 23.7 Å². The fourth-order valence-corrected chi connectivity index (χ4v) is 2.82. The van der Waals surface area contributed by atoms with Gasteiger partial charge in [0.25, 0.3) is 0 Å². The fraction of sp³-hybridized carbons (Fsp3) is 0.350. The number of nitrogens with zero attached hydrogens (tertiary/aromatic N) is 1. The highest BCUT2D eigenvalue weighted by atomic mass is 35.5. The average Bonchev–Trinajstić information content (AvgIpc) is 2.60. The maximum Gasteiger partial charge on any atom is 0.238 e. The smallest absolute Gasteiger partial charge is 0.238 e. The summed E-state index contributed by atoms with van der Waals surface area (Å²) in [6, 6.07) is 13.7. The molecular weight excluding hydrogens is 334 g/mol. The Balaban J connectivity index is 1.86. The van der Waals surface area contributed by atoms with Crippen molar-refractivity contribution in [2.75, 3.05) is 29.9 Å². The topological polar surface area (TPSA) is 44.4 Å². The number of anilines is 2. The number of rotatable bonds is 8. The average molecular weight is 360 g/mol. The van der Waals surface area contributed by atoms with Crippen LogP contribution < -0.4 is 15.5 Å². The lowest BCUT2D eigenvalue weighted by Crippen LogP contribution is -2.28. The van der Waals surface area contributed by atoms with E-state index >= 15 is 0 Å². The van der Waals surface area contributed by atoms with Gasteiger partial charge in [-0.05, 0) is 62.2 Å². The van der Waals surface area contributed by atoms with Crippen molar-refractivity contribution in [1.82, 2.24) is 5.32 Å². The molecule has 0 saturated carbocycles. The molecule has 0 atom stereocenters. The van der Waals surface area contributed by atoms with Gasteiger partial charge in [-0.2, -0.15) is 0 Å². The van der Waals surface area contributed by atoms with E-state index in [4.69, 9.17) is 11.6 Å². The van der Waals surface area contributed by atoms with E-state index in [-0.39, 0.29) is 12.5 Å². The summed E-state index contributed by atoms with van der Waals surface area (Å²) in [5.74, 6) is -0.0485. The van der Waals surface area contributed by atoms with Gasteiger partial charge in [-0.3, -0.25) is 4.79 Å². The summed E-state index contributed by atoms with van der Waals surface area (Å²) in [6.07, 6.45) is 0. The summed E-state index contributed by atoms with van der Waals surface area (Å²) in [6.45, 7) is 9.13. The maximum atomic E-state index is 12.1. The summed E-state index contributed by atoms with van der Waals surface area (Å²) in [5.41, 5.74) is 4.20. The van der Waals surface area contributed by atoms with Crippen LogP contribution in [0.2, 0.25) is 5.02 Å². The number of amides is 1. The van der Waals surface area contributed by atoms with Gasteiger partial charge >= 0.3 is 0 Å². The highest BCUT2D eigenvalue weighted by Crippen LogP contribution is 2.22. The van der Waals surface area contributed by atoms with Crippen LogP contribution in [0.1, 0.15) is 25.0 Å². The fourth-order valence-electron chi connectivity index (χ4n) is 2.69. The molecule has 0 heterocycles. The SMILES string of the molecule is CCN(CC)c1ccc(NC(=O)CNCc2ccc(Cl)cc2)c(C)c1. The molecule has 0 unspecified atom stereocenters. The highest BCUT2D eigenvalue weighted by Gasteiger charge is 2.08. The molecule has 134 valence electrons. The van der Waals surface area contributed by atoms with Gasteiger partial charge in [0.1, 0.15) is 0 Å². The second-order valence-corrected chi connectivity index (χ2v) is 6.39. The van der Waals surface area contributed by atoms with E-state index in [1.54, 1.807) is 0 Å². The number of hydrogen-bond donors (Lipinski definition) is 2. The van der Waals surface area contributed by atoms with Crippen LogP contribution in [0.15, 0.2) is 42.5 Å². The molecule has 0 spiro atoms. The summed E-state index contributed by atoms with van der Waals surface area (Å²) >= 11 is 5.86. The van der Waals surface area contributed by atoms with Crippen molar-refractivity contribution in [3.8, 4) is 0 Å². The Morgan fingerprint density at radius 3 is 2.36 bits per heavy atom. The van der Waals surface area contributed by atoms with Gasteiger partial charge in [0.2, 0.25) is 5.91 Å². The zero-order valence-electron chi connectivity index (χ0n) is 15.1. The van der Waals surface area contributed by atoms with Crippen LogP contribution in [0.4, 0.5) is 11.4 Å². The third-order valence-electron chi connectivity index (χ3n) is 4.14. The minimum atomic E-state index is -0.0485. The molecule has 0 radical (unpaired) electrons. The molecule has 0 aromatic heterocycles. The van der Waals surface area contributed by atoms with E-state index in [0.717, 1.165) is 29.9 Å². The number of carbonyl (C=O) groups is 1. The number of aryl methyl sites for hydroxylation is 1. The number of carbonyl (C=O) groups excluding carboxylic acids is 1. The zero-order valence-corrected chi connectivity index (χ0v) is 15.9. The van der Waals surface area contributed by atoms with Gasteiger partial charge in [0.15, 0.2) is 0 Å². The van der Waals surface area contributed by atoms with Crippen LogP contribution in [-0.4, -0.2) is 25.5 Å². The van der Waals surface area contributed by atoms with Crippen LogP contribution in [0.3, 0.4) is 0 Å². The first-order valence-corrected chi connectivity index (χ1v) is 9.01. The second kappa shape index (κ2) is 9.44. The van der Waals surface area contributed by atoms with Crippen molar-refractivity contribution >= 4 is 28.9 Å². The van der Waals surface area contributed by atoms with E-state index in [1.807, 2.05) is 37.3 Å². The Morgan fingerprint density at radius 1 is 1.08 bits per heavy atom. The normalized spacial score (nSPS) is 10.6. The quantitative estimate of drug-likeness (QED) is 0.741. The molecule has 1 amide bonds. The Hall–Kier alpha value is -2.04. The minimum Gasteiger partial charge on any atom is -0.372 e. The Kier molecular flexibility index (Phi) is 7.29. The number of benzene rings is 2. The number of halogens is 1. The molecule has 0 saturated heterocycles. The largest absolute Gasteiger partial charge is 0.372 e. The summed E-state index contributed by atoms with van der Waals surface area (Å²) < 4.78 is 0. The van der Waals surface area contributed by atoms with E-state index in [2.05, 4.69) is 41.5 Å². The van der Waals surface area contributed by atoms with E-state index in [1.165, 1.54) is 5.69 Å². The van der Waals surface area contributed by atoms with Crippen LogP contribution >= 0.6 is 11.6 Å². The van der Waals surface area contributed by atoms with Gasteiger partial charge in [-0.25, -0.2) is 0 Å². The Labute approximate surface area is 155 Å². The molecule has 2 aromatic rings. The van der Waals surface area contributed by atoms with Crippen LogP contribution in [-0.2, 0) is 11.3 Å². The van der Waals surface area contributed by atoms with Crippen LogP contribution in [0, 0.1) is 6.92 Å². The first-order chi connectivity index (χ1) is 12.0. The van der Waals surface area contributed by atoms with Crippen LogP contribution in [0.5, 0.6) is 0 Å². The molecule has 0 aliphatic carbocycles. The van der Waals surface area contributed by atoms with Gasteiger partial charge in [0.05, 0.1) is 6.54 Å². The van der Waals surface area contributed by atoms with E-state index in [0.29, 0.717) is 11.6 Å². The summed E-state index contributed by atoms with van der Waals surface area (Å²) in [5, 5.41) is 6.82.